The lowest BCUT2D eigenvalue weighted by Crippen LogP contribution is -2.45. The molecule has 2 aliphatic rings. The minimum Gasteiger partial charge on any atom is -0.487 e. The number of nitrogens with zero attached hydrogens (tertiary/aromatic N) is 3. The van der Waals surface area contributed by atoms with Crippen LogP contribution < -0.4 is 4.74 Å². The van der Waals surface area contributed by atoms with E-state index >= 15 is 0 Å². The van der Waals surface area contributed by atoms with Gasteiger partial charge in [0.1, 0.15) is 12.1 Å². The molecule has 0 bridgehead atoms. The summed E-state index contributed by atoms with van der Waals surface area (Å²) in [7, 11) is 2.94. The lowest BCUT2D eigenvalue weighted by atomic mass is 10.1. The van der Waals surface area contributed by atoms with Gasteiger partial charge in [0.05, 0.1) is 6.42 Å². The van der Waals surface area contributed by atoms with Crippen LogP contribution in [0.5, 0.6) is 5.75 Å². The van der Waals surface area contributed by atoms with Crippen molar-refractivity contribution < 1.29 is 23.5 Å². The predicted octanol–water partition coefficient (Wildman–Crippen LogP) is 1.48. The van der Waals surface area contributed by atoms with Crippen LogP contribution in [0.25, 0.3) is 0 Å². The van der Waals surface area contributed by atoms with Crippen molar-refractivity contribution in [2.75, 3.05) is 27.2 Å². The number of carbonyl (C=O) groups is 3. The van der Waals surface area contributed by atoms with E-state index in [1.807, 2.05) is 0 Å². The summed E-state index contributed by atoms with van der Waals surface area (Å²) in [6.45, 7) is 0.957. The summed E-state index contributed by atoms with van der Waals surface area (Å²) < 4.78 is 19.3. The molecule has 7 nitrogen and oxygen atoms in total. The molecule has 0 saturated carbocycles. The summed E-state index contributed by atoms with van der Waals surface area (Å²) in [5, 5.41) is 0. The van der Waals surface area contributed by atoms with Crippen LogP contribution in [-0.2, 0) is 9.59 Å². The first-order chi connectivity index (χ1) is 12.4. The molecule has 4 amide bonds. The first-order valence-electron chi connectivity index (χ1n) is 8.62. The maximum Gasteiger partial charge on any atom is 0.326 e. The number of urea groups is 1. The smallest absolute Gasteiger partial charge is 0.326 e. The number of imide groups is 1. The molecule has 0 aliphatic carbocycles. The van der Waals surface area contributed by atoms with Crippen LogP contribution in [0.1, 0.15) is 19.3 Å². The first kappa shape index (κ1) is 18.2. The van der Waals surface area contributed by atoms with E-state index in [1.165, 1.54) is 25.1 Å². The lowest BCUT2D eigenvalue weighted by Gasteiger charge is -2.33. The van der Waals surface area contributed by atoms with Gasteiger partial charge in [-0.3, -0.25) is 14.5 Å². The molecule has 0 aromatic heterocycles. The topological polar surface area (TPSA) is 70.2 Å². The molecule has 0 radical (unpaired) electrons. The van der Waals surface area contributed by atoms with Gasteiger partial charge >= 0.3 is 6.03 Å². The molecule has 2 fully saturated rings. The number of likely N-dealkylation sites (N-methyl/N-ethyl adjacent to an activating group) is 2. The van der Waals surface area contributed by atoms with E-state index in [0.29, 0.717) is 25.9 Å². The number of likely N-dealkylation sites (tertiary alicyclic amines) is 1. The highest BCUT2D eigenvalue weighted by molar-refractivity contribution is 6.05. The zero-order valence-corrected chi connectivity index (χ0v) is 14.9. The van der Waals surface area contributed by atoms with Crippen molar-refractivity contribution in [1.82, 2.24) is 14.7 Å². The Morgan fingerprint density at radius 1 is 1.19 bits per heavy atom. The SMILES string of the molecule is CN1C(=O)[C@H](CC(=O)N2CCC(Oc3ccccc3F)CC2)N(C)C1=O. The number of piperidine rings is 1. The molecule has 8 heteroatoms. The van der Waals surface area contributed by atoms with Crippen LogP contribution >= 0.6 is 0 Å². The quantitative estimate of drug-likeness (QED) is 0.760. The molecule has 0 spiro atoms. The summed E-state index contributed by atoms with van der Waals surface area (Å²) in [6, 6.07) is 5.11. The Bertz CT molecular complexity index is 718. The van der Waals surface area contributed by atoms with Gasteiger partial charge in [-0.15, -0.1) is 0 Å². The number of benzene rings is 1. The fourth-order valence-electron chi connectivity index (χ4n) is 3.32. The Hall–Kier alpha value is -2.64. The minimum absolute atomic E-state index is 0.0236. The number of amides is 4. The van der Waals surface area contributed by atoms with Crippen molar-refractivity contribution >= 4 is 17.8 Å². The molecule has 0 unspecified atom stereocenters. The second-order valence-electron chi connectivity index (χ2n) is 6.64. The van der Waals surface area contributed by atoms with Crippen molar-refractivity contribution in [3.8, 4) is 5.75 Å². The maximum absolute atomic E-state index is 13.7. The summed E-state index contributed by atoms with van der Waals surface area (Å²) in [6.07, 6.45) is 1.00. The van der Waals surface area contributed by atoms with Gasteiger partial charge in [0.15, 0.2) is 11.6 Å². The van der Waals surface area contributed by atoms with Gasteiger partial charge in [-0.2, -0.15) is 0 Å². The molecule has 26 heavy (non-hydrogen) atoms. The summed E-state index contributed by atoms with van der Waals surface area (Å²) in [5.41, 5.74) is 0. The Labute approximate surface area is 151 Å². The van der Waals surface area contributed by atoms with Gasteiger partial charge in [-0.25, -0.2) is 9.18 Å². The van der Waals surface area contributed by atoms with Crippen LogP contribution in [0.15, 0.2) is 24.3 Å². The van der Waals surface area contributed by atoms with Crippen LogP contribution in [0.4, 0.5) is 9.18 Å². The Balaban J connectivity index is 1.52. The summed E-state index contributed by atoms with van der Waals surface area (Å²) >= 11 is 0. The third kappa shape index (κ3) is 3.49. The van der Waals surface area contributed by atoms with Crippen LogP contribution in [0.2, 0.25) is 0 Å². The number of carbonyl (C=O) groups excluding carboxylic acids is 3. The van der Waals surface area contributed by atoms with Gasteiger partial charge in [-0.05, 0) is 12.1 Å². The van der Waals surface area contributed by atoms with Gasteiger partial charge < -0.3 is 14.5 Å². The van der Waals surface area contributed by atoms with Gasteiger partial charge in [-0.1, -0.05) is 12.1 Å². The van der Waals surface area contributed by atoms with Crippen molar-refractivity contribution in [1.29, 1.82) is 0 Å². The fraction of sp³-hybridized carbons (Fsp3) is 0.500. The standard InChI is InChI=1S/C18H22FN3O4/c1-20-14(17(24)21(2)18(20)25)11-16(23)22-9-7-12(8-10-22)26-15-6-4-3-5-13(15)19/h3-6,12,14H,7-11H2,1-2H3/t14-/m0/s1. The average Bonchev–Trinajstić information content (AvgIpc) is 2.82. The zero-order valence-electron chi connectivity index (χ0n) is 14.9. The molecule has 3 rings (SSSR count). The normalized spacial score (nSPS) is 21.5. The van der Waals surface area contributed by atoms with Crippen molar-refractivity contribution in [3.05, 3.63) is 30.1 Å². The molecule has 1 atom stereocenters. The van der Waals surface area contributed by atoms with Crippen LogP contribution in [-0.4, -0.2) is 71.9 Å². The molecule has 1 aromatic rings. The number of halogens is 1. The van der Waals surface area contributed by atoms with Crippen LogP contribution in [0.3, 0.4) is 0 Å². The van der Waals surface area contributed by atoms with E-state index in [1.54, 1.807) is 23.1 Å². The lowest BCUT2D eigenvalue weighted by molar-refractivity contribution is -0.137. The first-order valence-corrected chi connectivity index (χ1v) is 8.62. The maximum atomic E-state index is 13.7. The Morgan fingerprint density at radius 2 is 1.85 bits per heavy atom. The van der Waals surface area contributed by atoms with Crippen molar-refractivity contribution in [3.63, 3.8) is 0 Å². The Morgan fingerprint density at radius 3 is 2.42 bits per heavy atom. The number of hydrogen-bond donors (Lipinski definition) is 0. The molecular weight excluding hydrogens is 341 g/mol. The molecular formula is C18H22FN3O4. The largest absolute Gasteiger partial charge is 0.487 e. The van der Waals surface area contributed by atoms with E-state index in [2.05, 4.69) is 0 Å². The molecule has 2 heterocycles. The number of ether oxygens (including phenoxy) is 1. The highest BCUT2D eigenvalue weighted by Gasteiger charge is 2.42. The van der Waals surface area contributed by atoms with Crippen molar-refractivity contribution in [2.45, 2.75) is 31.4 Å². The highest BCUT2D eigenvalue weighted by atomic mass is 19.1. The molecule has 2 saturated heterocycles. The number of rotatable bonds is 4. The molecule has 1 aromatic carbocycles. The third-order valence-corrected chi connectivity index (χ3v) is 4.96. The van der Waals surface area contributed by atoms with E-state index in [0.717, 1.165) is 4.90 Å². The van der Waals surface area contributed by atoms with Gasteiger partial charge in [0, 0.05) is 40.0 Å². The van der Waals surface area contributed by atoms with E-state index in [4.69, 9.17) is 4.74 Å². The van der Waals surface area contributed by atoms with E-state index < -0.39 is 17.9 Å². The Kier molecular flexibility index (Phi) is 5.11. The number of para-hydroxylation sites is 1. The minimum atomic E-state index is -0.743. The average molecular weight is 363 g/mol. The zero-order chi connectivity index (χ0) is 18.8. The number of hydrogen-bond acceptors (Lipinski definition) is 4. The van der Waals surface area contributed by atoms with Gasteiger partial charge in [0.2, 0.25) is 5.91 Å². The monoisotopic (exact) mass is 363 g/mol. The fourth-order valence-corrected chi connectivity index (χ4v) is 3.32. The third-order valence-electron chi connectivity index (χ3n) is 4.96. The highest BCUT2D eigenvalue weighted by Crippen LogP contribution is 2.23. The van der Waals surface area contributed by atoms with Crippen LogP contribution in [0, 0.1) is 5.82 Å². The van der Waals surface area contributed by atoms with E-state index in [9.17, 15) is 18.8 Å². The summed E-state index contributed by atoms with van der Waals surface area (Å²) in [4.78, 5) is 40.4. The molecule has 2 aliphatic heterocycles. The predicted molar refractivity (Wildman–Crippen MR) is 91.0 cm³/mol. The molecule has 0 N–H and O–H groups in total. The van der Waals surface area contributed by atoms with Crippen molar-refractivity contribution in [2.24, 2.45) is 0 Å². The van der Waals surface area contributed by atoms with Gasteiger partial charge in [0.25, 0.3) is 5.91 Å². The summed E-state index contributed by atoms with van der Waals surface area (Å²) in [5.74, 6) is -0.703. The molecule has 140 valence electrons. The second-order valence-corrected chi connectivity index (χ2v) is 6.64. The van der Waals surface area contributed by atoms with E-state index in [-0.39, 0.29) is 30.1 Å². The second kappa shape index (κ2) is 7.31.